The molecule has 2 aromatic rings. The van der Waals surface area contributed by atoms with Gasteiger partial charge in [-0.05, 0) is 50.9 Å². The smallest absolute Gasteiger partial charge is 0.261 e. The number of fused-ring (bicyclic) bond motifs is 1. The van der Waals surface area contributed by atoms with Crippen molar-refractivity contribution >= 4 is 34.2 Å². The number of rotatable bonds is 8. The molecule has 0 spiro atoms. The molecular weight excluding hydrogens is 428 g/mol. The molecule has 2 aliphatic heterocycles. The average molecular weight is 457 g/mol. The maximum atomic E-state index is 12.8. The summed E-state index contributed by atoms with van der Waals surface area (Å²) in [5, 5.41) is 3.35. The number of nitrogens with one attached hydrogen (secondary N) is 1. The minimum absolute atomic E-state index is 0.263. The maximum absolute atomic E-state index is 12.8. The molecule has 1 aromatic heterocycles. The lowest BCUT2D eigenvalue weighted by Gasteiger charge is -2.32. The molecule has 0 bridgehead atoms. The molecule has 3 heterocycles. The van der Waals surface area contributed by atoms with Gasteiger partial charge in [-0.25, -0.2) is 4.98 Å². The van der Waals surface area contributed by atoms with Gasteiger partial charge < -0.3 is 4.74 Å². The average Bonchev–Trinajstić information content (AvgIpc) is 3.32. The van der Waals surface area contributed by atoms with Crippen LogP contribution in [0.1, 0.15) is 68.6 Å². The number of imide groups is 1. The fourth-order valence-electron chi connectivity index (χ4n) is 4.20. The van der Waals surface area contributed by atoms with Crippen molar-refractivity contribution in [3.63, 3.8) is 0 Å². The zero-order valence-electron chi connectivity index (χ0n) is 18.4. The summed E-state index contributed by atoms with van der Waals surface area (Å²) in [5.41, 5.74) is 0.917. The first-order valence-corrected chi connectivity index (χ1v) is 11.8. The van der Waals surface area contributed by atoms with Gasteiger partial charge in [0, 0.05) is 49.5 Å². The third-order valence-corrected chi connectivity index (χ3v) is 6.93. The summed E-state index contributed by atoms with van der Waals surface area (Å²) >= 11 is 1.46. The van der Waals surface area contributed by atoms with Crippen molar-refractivity contribution in [2.24, 2.45) is 0 Å². The topological polar surface area (TPSA) is 91.8 Å². The van der Waals surface area contributed by atoms with E-state index in [0.717, 1.165) is 18.0 Å². The Bertz CT molecular complexity index is 1020. The van der Waals surface area contributed by atoms with Gasteiger partial charge in [-0.2, -0.15) is 0 Å². The third kappa shape index (κ3) is 4.74. The number of methoxy groups -OCH3 is 1. The predicted octanol–water partition coefficient (Wildman–Crippen LogP) is 3.40. The summed E-state index contributed by atoms with van der Waals surface area (Å²) in [6.45, 7) is 4.93. The Morgan fingerprint density at radius 2 is 2.06 bits per heavy atom. The maximum Gasteiger partial charge on any atom is 0.261 e. The predicted molar refractivity (Wildman–Crippen MR) is 122 cm³/mol. The van der Waals surface area contributed by atoms with Crippen LogP contribution in [0, 0.1) is 0 Å². The molecule has 4 rings (SSSR count). The molecular formula is C23H28N4O4S. The van der Waals surface area contributed by atoms with Crippen molar-refractivity contribution in [3.8, 4) is 0 Å². The van der Waals surface area contributed by atoms with E-state index in [1.165, 1.54) is 41.6 Å². The number of ether oxygens (including phenoxy) is 1. The van der Waals surface area contributed by atoms with Crippen LogP contribution in [0.2, 0.25) is 0 Å². The molecule has 170 valence electrons. The lowest BCUT2D eigenvalue weighted by atomic mass is 10.0. The van der Waals surface area contributed by atoms with Gasteiger partial charge in [-0.1, -0.05) is 6.42 Å². The number of carbonyl (C=O) groups is 3. The highest BCUT2D eigenvalue weighted by Crippen LogP contribution is 2.27. The van der Waals surface area contributed by atoms with Crippen molar-refractivity contribution in [2.75, 3.05) is 32.1 Å². The first kappa shape index (κ1) is 22.6. The van der Waals surface area contributed by atoms with Crippen molar-refractivity contribution in [1.82, 2.24) is 14.8 Å². The van der Waals surface area contributed by atoms with E-state index >= 15 is 0 Å². The number of hydrogen-bond acceptors (Lipinski definition) is 7. The van der Waals surface area contributed by atoms with Crippen LogP contribution in [-0.2, 0) is 11.3 Å². The van der Waals surface area contributed by atoms with Gasteiger partial charge in [0.05, 0.1) is 11.1 Å². The Morgan fingerprint density at radius 3 is 2.84 bits per heavy atom. The Kier molecular flexibility index (Phi) is 6.98. The van der Waals surface area contributed by atoms with Gasteiger partial charge in [0.2, 0.25) is 0 Å². The van der Waals surface area contributed by atoms with Gasteiger partial charge in [0.25, 0.3) is 17.7 Å². The lowest BCUT2D eigenvalue weighted by Crippen LogP contribution is -2.36. The van der Waals surface area contributed by atoms with E-state index in [0.29, 0.717) is 41.9 Å². The molecule has 1 saturated heterocycles. The molecule has 1 unspecified atom stereocenters. The molecule has 0 radical (unpaired) electrons. The molecule has 1 N–H and O–H groups in total. The van der Waals surface area contributed by atoms with E-state index in [1.54, 1.807) is 19.2 Å². The second kappa shape index (κ2) is 9.89. The van der Waals surface area contributed by atoms with Crippen molar-refractivity contribution < 1.29 is 19.1 Å². The summed E-state index contributed by atoms with van der Waals surface area (Å²) in [6, 6.07) is 5.17. The minimum Gasteiger partial charge on any atom is -0.385 e. The van der Waals surface area contributed by atoms with E-state index in [1.807, 2.05) is 6.20 Å². The summed E-state index contributed by atoms with van der Waals surface area (Å²) < 4.78 is 5.00. The van der Waals surface area contributed by atoms with Gasteiger partial charge in [-0.15, -0.1) is 11.3 Å². The first-order valence-electron chi connectivity index (χ1n) is 11.0. The number of anilines is 1. The number of thiazole rings is 1. The van der Waals surface area contributed by atoms with E-state index in [9.17, 15) is 14.4 Å². The quantitative estimate of drug-likeness (QED) is 0.484. The number of hydrogen-bond donors (Lipinski definition) is 1. The van der Waals surface area contributed by atoms with E-state index in [4.69, 9.17) is 4.74 Å². The Morgan fingerprint density at radius 1 is 1.25 bits per heavy atom. The summed E-state index contributed by atoms with van der Waals surface area (Å²) in [5.74, 6) is -1.05. The Balaban J connectivity index is 1.41. The number of likely N-dealkylation sites (tertiary alicyclic amines) is 1. The second-order valence-electron chi connectivity index (χ2n) is 8.27. The zero-order valence-corrected chi connectivity index (χ0v) is 19.2. The van der Waals surface area contributed by atoms with Crippen LogP contribution in [0.5, 0.6) is 0 Å². The van der Waals surface area contributed by atoms with Crippen molar-refractivity contribution in [1.29, 1.82) is 0 Å². The molecule has 1 fully saturated rings. The van der Waals surface area contributed by atoms with Crippen LogP contribution in [-0.4, -0.2) is 65.4 Å². The molecule has 1 aromatic carbocycles. The van der Waals surface area contributed by atoms with E-state index < -0.39 is 0 Å². The molecule has 9 heteroatoms. The van der Waals surface area contributed by atoms with E-state index in [-0.39, 0.29) is 23.3 Å². The zero-order chi connectivity index (χ0) is 22.7. The molecule has 8 nitrogen and oxygen atoms in total. The second-order valence-corrected chi connectivity index (χ2v) is 9.38. The van der Waals surface area contributed by atoms with E-state index in [2.05, 4.69) is 22.1 Å². The number of piperidine rings is 1. The number of benzene rings is 1. The molecule has 3 amide bonds. The summed E-state index contributed by atoms with van der Waals surface area (Å²) in [6.07, 6.45) is 6.09. The number of carbonyl (C=O) groups excluding carboxylic acids is 3. The van der Waals surface area contributed by atoms with Gasteiger partial charge in [-0.3, -0.25) is 29.5 Å². The monoisotopic (exact) mass is 456 g/mol. The SMILES string of the molecule is COCCCN1C(=O)c2ccc(C(=O)Nc3ncc(CN4CCCCC4C)s3)cc2C1=O. The van der Waals surface area contributed by atoms with Crippen LogP contribution in [0.15, 0.2) is 24.4 Å². The minimum atomic E-state index is -0.372. The molecule has 0 aliphatic carbocycles. The third-order valence-electron chi connectivity index (χ3n) is 6.04. The Labute approximate surface area is 191 Å². The summed E-state index contributed by atoms with van der Waals surface area (Å²) in [4.78, 5) is 47.1. The van der Waals surface area contributed by atoms with Gasteiger partial charge >= 0.3 is 0 Å². The number of amides is 3. The van der Waals surface area contributed by atoms with Crippen LogP contribution in [0.4, 0.5) is 5.13 Å². The molecule has 2 aliphatic rings. The molecule has 0 saturated carbocycles. The Hall–Kier alpha value is -2.62. The van der Waals surface area contributed by atoms with Crippen LogP contribution < -0.4 is 5.32 Å². The van der Waals surface area contributed by atoms with Gasteiger partial charge in [0.1, 0.15) is 0 Å². The number of nitrogens with zero attached hydrogens (tertiary/aromatic N) is 3. The lowest BCUT2D eigenvalue weighted by molar-refractivity contribution is 0.0638. The summed E-state index contributed by atoms with van der Waals surface area (Å²) in [7, 11) is 1.58. The van der Waals surface area contributed by atoms with Crippen molar-refractivity contribution in [3.05, 3.63) is 46.0 Å². The standard InChI is InChI=1S/C23H28N4O4S/c1-15-6-3-4-9-26(15)14-17-13-24-23(32-17)25-20(28)16-7-8-18-19(12-16)22(30)27(21(18)29)10-5-11-31-2/h7-8,12-13,15H,3-6,9-11,14H2,1-2H3,(H,24,25,28). The largest absolute Gasteiger partial charge is 0.385 e. The van der Waals surface area contributed by atoms with Crippen LogP contribution in [0.3, 0.4) is 0 Å². The van der Waals surface area contributed by atoms with Crippen LogP contribution in [0.25, 0.3) is 0 Å². The van der Waals surface area contributed by atoms with Gasteiger partial charge in [0.15, 0.2) is 5.13 Å². The number of aromatic nitrogens is 1. The normalized spacial score (nSPS) is 18.8. The van der Waals surface area contributed by atoms with Crippen LogP contribution >= 0.6 is 11.3 Å². The fourth-order valence-corrected chi connectivity index (χ4v) is 5.04. The molecule has 1 atom stereocenters. The van der Waals surface area contributed by atoms with Crippen molar-refractivity contribution in [2.45, 2.75) is 45.2 Å². The first-order chi connectivity index (χ1) is 15.5. The highest BCUT2D eigenvalue weighted by Gasteiger charge is 2.35. The molecule has 32 heavy (non-hydrogen) atoms. The highest BCUT2D eigenvalue weighted by atomic mass is 32.1. The highest BCUT2D eigenvalue weighted by molar-refractivity contribution is 7.15. The fraction of sp³-hybridized carbons (Fsp3) is 0.478.